The van der Waals surface area contributed by atoms with Gasteiger partial charge in [-0.25, -0.2) is 9.78 Å². The molecule has 1 N–H and O–H groups in total. The van der Waals surface area contributed by atoms with E-state index in [1.54, 1.807) is 12.1 Å². The summed E-state index contributed by atoms with van der Waals surface area (Å²) in [7, 11) is 0. The number of carbonyl (C=O) groups is 1. The van der Waals surface area contributed by atoms with Crippen molar-refractivity contribution < 1.29 is 9.90 Å². The van der Waals surface area contributed by atoms with Crippen molar-refractivity contribution in [3.05, 3.63) is 63.2 Å². The highest BCUT2D eigenvalue weighted by atomic mass is 16.4. The molecule has 1 aliphatic carbocycles. The standard InChI is InChI=1S/C34H44N4O4/c1-23(34(41)42)36-30(19-12-20-31(36)39)32-33(40)38(29-18-10-9-17-28(29)35-32)27-21-25-15-11-16-26(22-27)37(25)24-13-7-5-3-2-4-6-8-14-24/h9-10,12,17-20,23-27H,2-8,11,13-16,21-22H2,1H3,(H,41,42)/t23?,25-,26+,27?. The van der Waals surface area contributed by atoms with E-state index in [-0.39, 0.29) is 23.0 Å². The molecule has 1 saturated carbocycles. The summed E-state index contributed by atoms with van der Waals surface area (Å²) in [6.45, 7) is 1.46. The van der Waals surface area contributed by atoms with E-state index in [2.05, 4.69) is 4.90 Å². The Morgan fingerprint density at radius 3 is 2.07 bits per heavy atom. The molecule has 6 rings (SSSR count). The van der Waals surface area contributed by atoms with Crippen molar-refractivity contribution in [1.29, 1.82) is 0 Å². The normalized spacial score (nSPS) is 25.2. The number of rotatable bonds is 5. The largest absolute Gasteiger partial charge is 0.480 e. The number of benzene rings is 1. The summed E-state index contributed by atoms with van der Waals surface area (Å²) in [6.07, 6.45) is 17.4. The SMILES string of the molecule is CC(C(=O)O)n1c(-c2nc3ccccc3n(C3C[C@H]4CCC[C@@H](C3)N4C3CCCCCCCCC3)c2=O)cccc1=O. The Balaban J connectivity index is 1.40. The maximum absolute atomic E-state index is 14.4. The minimum Gasteiger partial charge on any atom is -0.480 e. The van der Waals surface area contributed by atoms with Crippen LogP contribution in [0.1, 0.15) is 109 Å². The number of aromatic nitrogens is 3. The Morgan fingerprint density at radius 1 is 0.786 bits per heavy atom. The lowest BCUT2D eigenvalue weighted by atomic mass is 9.79. The number of carboxylic acid groups (broad SMARTS) is 1. The summed E-state index contributed by atoms with van der Waals surface area (Å²) in [5.74, 6) is -1.13. The number of hydrogen-bond donors (Lipinski definition) is 1. The Labute approximate surface area is 247 Å². The lowest BCUT2D eigenvalue weighted by molar-refractivity contribution is -0.140. The van der Waals surface area contributed by atoms with Gasteiger partial charge in [-0.1, -0.05) is 69.6 Å². The summed E-state index contributed by atoms with van der Waals surface area (Å²) in [5, 5.41) is 9.75. The Morgan fingerprint density at radius 2 is 1.40 bits per heavy atom. The predicted molar refractivity (Wildman–Crippen MR) is 165 cm³/mol. The van der Waals surface area contributed by atoms with E-state index in [9.17, 15) is 19.5 Å². The Kier molecular flexibility index (Phi) is 8.61. The second-order valence-corrected chi connectivity index (χ2v) is 12.8. The molecule has 0 amide bonds. The topological polar surface area (TPSA) is 97.4 Å². The number of fused-ring (bicyclic) bond motifs is 3. The molecule has 4 heterocycles. The minimum atomic E-state index is -1.13. The van der Waals surface area contributed by atoms with E-state index in [1.165, 1.54) is 94.6 Å². The first-order chi connectivity index (χ1) is 20.4. The number of carboxylic acids is 1. The number of nitrogens with zero attached hydrogens (tertiary/aromatic N) is 4. The molecule has 2 aromatic heterocycles. The summed E-state index contributed by atoms with van der Waals surface area (Å²) in [4.78, 5) is 46.9. The third kappa shape index (κ3) is 5.58. The molecule has 0 spiro atoms. The van der Waals surface area contributed by atoms with Gasteiger partial charge < -0.3 is 9.67 Å². The van der Waals surface area contributed by atoms with Crippen LogP contribution in [0.5, 0.6) is 0 Å². The first kappa shape index (κ1) is 28.8. The van der Waals surface area contributed by atoms with Gasteiger partial charge in [0, 0.05) is 30.2 Å². The van der Waals surface area contributed by atoms with Gasteiger partial charge in [-0.3, -0.25) is 19.1 Å². The molecule has 3 aromatic rings. The van der Waals surface area contributed by atoms with E-state index < -0.39 is 17.6 Å². The zero-order valence-electron chi connectivity index (χ0n) is 24.8. The van der Waals surface area contributed by atoms with E-state index in [4.69, 9.17) is 4.98 Å². The minimum absolute atomic E-state index is 0.0241. The van der Waals surface area contributed by atoms with Crippen LogP contribution in [0.3, 0.4) is 0 Å². The van der Waals surface area contributed by atoms with Crippen LogP contribution in [-0.2, 0) is 4.79 Å². The van der Waals surface area contributed by atoms with Crippen molar-refractivity contribution in [2.45, 2.75) is 127 Å². The summed E-state index contributed by atoms with van der Waals surface area (Å²) in [6, 6.07) is 12.7. The second kappa shape index (κ2) is 12.5. The lowest BCUT2D eigenvalue weighted by Gasteiger charge is -2.53. The molecular formula is C34H44N4O4. The van der Waals surface area contributed by atoms with Crippen LogP contribution >= 0.6 is 0 Å². The maximum Gasteiger partial charge on any atom is 0.326 e. The number of aliphatic carboxylic acids is 1. The van der Waals surface area contributed by atoms with Gasteiger partial charge in [0.15, 0.2) is 5.69 Å². The molecule has 1 aromatic carbocycles. The van der Waals surface area contributed by atoms with Crippen molar-refractivity contribution in [1.82, 2.24) is 19.0 Å². The summed E-state index contributed by atoms with van der Waals surface area (Å²) < 4.78 is 3.11. The molecule has 224 valence electrons. The monoisotopic (exact) mass is 572 g/mol. The lowest BCUT2D eigenvalue weighted by Crippen LogP contribution is -2.57. The van der Waals surface area contributed by atoms with Crippen LogP contribution in [0.25, 0.3) is 22.4 Å². The molecule has 42 heavy (non-hydrogen) atoms. The van der Waals surface area contributed by atoms with Crippen LogP contribution in [0.15, 0.2) is 52.1 Å². The molecular weight excluding hydrogens is 528 g/mol. The Bertz CT molecular complexity index is 1520. The van der Waals surface area contributed by atoms with Gasteiger partial charge in [0.05, 0.1) is 16.7 Å². The average molecular weight is 573 g/mol. The van der Waals surface area contributed by atoms with Crippen LogP contribution in [0.4, 0.5) is 0 Å². The Hall–Kier alpha value is -3.26. The van der Waals surface area contributed by atoms with Gasteiger partial charge in [0.25, 0.3) is 11.1 Å². The first-order valence-electron chi connectivity index (χ1n) is 16.2. The van der Waals surface area contributed by atoms with E-state index >= 15 is 0 Å². The third-order valence-electron chi connectivity index (χ3n) is 10.1. The highest BCUT2D eigenvalue weighted by molar-refractivity contribution is 5.78. The van der Waals surface area contributed by atoms with Crippen molar-refractivity contribution in [3.8, 4) is 11.4 Å². The van der Waals surface area contributed by atoms with Gasteiger partial charge in [-0.15, -0.1) is 0 Å². The number of pyridine rings is 1. The zero-order valence-corrected chi connectivity index (χ0v) is 24.8. The maximum atomic E-state index is 14.4. The second-order valence-electron chi connectivity index (χ2n) is 12.8. The highest BCUT2D eigenvalue weighted by Gasteiger charge is 2.42. The van der Waals surface area contributed by atoms with Crippen molar-refractivity contribution in [3.63, 3.8) is 0 Å². The van der Waals surface area contributed by atoms with E-state index in [0.717, 1.165) is 18.4 Å². The fraction of sp³-hybridized carbons (Fsp3) is 0.588. The van der Waals surface area contributed by atoms with E-state index in [0.29, 0.717) is 23.6 Å². The molecule has 8 nitrogen and oxygen atoms in total. The molecule has 2 aliphatic heterocycles. The fourth-order valence-corrected chi connectivity index (χ4v) is 8.17. The number of para-hydroxylation sites is 2. The molecule has 0 radical (unpaired) electrons. The smallest absolute Gasteiger partial charge is 0.326 e. The fourth-order valence-electron chi connectivity index (χ4n) is 8.17. The quantitative estimate of drug-likeness (QED) is 0.384. The van der Waals surface area contributed by atoms with Crippen LogP contribution in [-0.4, -0.2) is 48.2 Å². The highest BCUT2D eigenvalue weighted by Crippen LogP contribution is 2.42. The van der Waals surface area contributed by atoms with Crippen molar-refractivity contribution in [2.75, 3.05) is 0 Å². The molecule has 8 heteroatoms. The summed E-state index contributed by atoms with van der Waals surface area (Å²) >= 11 is 0. The average Bonchev–Trinajstić information content (AvgIpc) is 2.98. The third-order valence-corrected chi connectivity index (χ3v) is 10.1. The molecule has 2 unspecified atom stereocenters. The first-order valence-corrected chi connectivity index (χ1v) is 16.2. The van der Waals surface area contributed by atoms with Gasteiger partial charge in [0.1, 0.15) is 6.04 Å². The van der Waals surface area contributed by atoms with Crippen molar-refractivity contribution in [2.24, 2.45) is 0 Å². The number of hydrogen-bond acceptors (Lipinski definition) is 5. The van der Waals surface area contributed by atoms with Gasteiger partial charge >= 0.3 is 5.97 Å². The van der Waals surface area contributed by atoms with Gasteiger partial charge in [0.2, 0.25) is 0 Å². The van der Waals surface area contributed by atoms with Crippen LogP contribution < -0.4 is 11.1 Å². The predicted octanol–water partition coefficient (Wildman–Crippen LogP) is 6.32. The zero-order chi connectivity index (χ0) is 29.2. The van der Waals surface area contributed by atoms with Gasteiger partial charge in [-0.2, -0.15) is 0 Å². The molecule has 4 atom stereocenters. The number of piperidine rings is 2. The molecule has 2 saturated heterocycles. The van der Waals surface area contributed by atoms with Crippen molar-refractivity contribution >= 4 is 17.0 Å². The summed E-state index contributed by atoms with van der Waals surface area (Å²) in [5.41, 5.74) is 1.16. The molecule has 2 bridgehead atoms. The van der Waals surface area contributed by atoms with Gasteiger partial charge in [-0.05, 0) is 63.6 Å². The van der Waals surface area contributed by atoms with Crippen LogP contribution in [0.2, 0.25) is 0 Å². The van der Waals surface area contributed by atoms with E-state index in [1.807, 2.05) is 28.8 Å². The van der Waals surface area contributed by atoms with Crippen LogP contribution in [0, 0.1) is 0 Å². The molecule has 3 aliphatic rings. The molecule has 3 fully saturated rings.